The van der Waals surface area contributed by atoms with Gasteiger partial charge in [0.05, 0.1) is 0 Å². The van der Waals surface area contributed by atoms with Crippen LogP contribution < -0.4 is 4.74 Å². The number of ether oxygens (including phenoxy) is 1. The van der Waals surface area contributed by atoms with Gasteiger partial charge in [0.15, 0.2) is 10.6 Å². The predicted molar refractivity (Wildman–Crippen MR) is 64.1 cm³/mol. The molecule has 1 heterocycles. The van der Waals surface area contributed by atoms with Crippen molar-refractivity contribution in [3.63, 3.8) is 0 Å². The first-order valence-corrected chi connectivity index (χ1v) is 6.51. The van der Waals surface area contributed by atoms with Gasteiger partial charge in [0.1, 0.15) is 11.6 Å². The molecule has 0 fully saturated rings. The van der Waals surface area contributed by atoms with E-state index in [0.29, 0.717) is 6.08 Å². The highest BCUT2D eigenvalue weighted by Crippen LogP contribution is 2.19. The standard InChI is InChI=1S/C11H6FNO6S/c12-6-1-3-7(4-2-6)19-11(16)8-5-9(10(14)15)20(17,18)13-8/h1-5H,(H,14,15). The van der Waals surface area contributed by atoms with E-state index in [-0.39, 0.29) is 5.75 Å². The van der Waals surface area contributed by atoms with Gasteiger partial charge < -0.3 is 9.84 Å². The summed E-state index contributed by atoms with van der Waals surface area (Å²) in [6.07, 6.45) is 0.601. The van der Waals surface area contributed by atoms with Crippen molar-refractivity contribution in [3.8, 4) is 5.75 Å². The lowest BCUT2D eigenvalue weighted by Crippen LogP contribution is -2.17. The second-order valence-corrected chi connectivity index (χ2v) is 5.18. The van der Waals surface area contributed by atoms with Gasteiger partial charge >= 0.3 is 11.9 Å². The second kappa shape index (κ2) is 4.85. The number of rotatable bonds is 3. The normalized spacial score (nSPS) is 16.2. The van der Waals surface area contributed by atoms with Crippen molar-refractivity contribution in [2.45, 2.75) is 0 Å². The first-order chi connectivity index (χ1) is 9.29. The molecule has 0 atom stereocenters. The Kier molecular flexibility index (Phi) is 3.36. The highest BCUT2D eigenvalue weighted by molar-refractivity contribution is 7.95. The number of carbonyl (C=O) groups excluding carboxylic acids is 1. The molecule has 0 spiro atoms. The van der Waals surface area contributed by atoms with E-state index >= 15 is 0 Å². The number of hydrogen-bond donors (Lipinski definition) is 1. The van der Waals surface area contributed by atoms with Gasteiger partial charge in [-0.1, -0.05) is 0 Å². The molecule has 0 amide bonds. The fraction of sp³-hybridized carbons (Fsp3) is 0. The first kappa shape index (κ1) is 13.9. The topological polar surface area (TPSA) is 110 Å². The summed E-state index contributed by atoms with van der Waals surface area (Å²) in [4.78, 5) is 21.3. The lowest BCUT2D eigenvalue weighted by Gasteiger charge is -2.01. The van der Waals surface area contributed by atoms with Crippen molar-refractivity contribution < 1.29 is 32.2 Å². The molecule has 1 aromatic rings. The summed E-state index contributed by atoms with van der Waals surface area (Å²) in [7, 11) is -4.39. The van der Waals surface area contributed by atoms with Gasteiger partial charge in [0, 0.05) is 6.08 Å². The van der Waals surface area contributed by atoms with Crippen LogP contribution in [0.4, 0.5) is 4.39 Å². The van der Waals surface area contributed by atoms with Crippen LogP contribution in [0, 0.1) is 5.82 Å². The van der Waals surface area contributed by atoms with Crippen LogP contribution in [0.2, 0.25) is 0 Å². The summed E-state index contributed by atoms with van der Waals surface area (Å²) in [6, 6.07) is 4.38. The smallest absolute Gasteiger partial charge is 0.363 e. The zero-order valence-electron chi connectivity index (χ0n) is 9.61. The van der Waals surface area contributed by atoms with E-state index in [0.717, 1.165) is 24.3 Å². The van der Waals surface area contributed by atoms with E-state index in [1.807, 2.05) is 0 Å². The Balaban J connectivity index is 2.23. The Bertz CT molecular complexity index is 748. The van der Waals surface area contributed by atoms with E-state index in [1.165, 1.54) is 0 Å². The maximum Gasteiger partial charge on any atom is 0.363 e. The monoisotopic (exact) mass is 299 g/mol. The summed E-state index contributed by atoms with van der Waals surface area (Å²) < 4.78 is 43.0. The molecule has 2 rings (SSSR count). The second-order valence-electron chi connectivity index (χ2n) is 3.61. The van der Waals surface area contributed by atoms with E-state index < -0.39 is 38.4 Å². The molecule has 0 radical (unpaired) electrons. The summed E-state index contributed by atoms with van der Waals surface area (Å²) in [6.45, 7) is 0. The number of esters is 1. The maximum atomic E-state index is 12.6. The summed E-state index contributed by atoms with van der Waals surface area (Å²) in [5, 5.41) is 8.65. The molecular weight excluding hydrogens is 293 g/mol. The number of nitrogens with zero attached hydrogens (tertiary/aromatic N) is 1. The van der Waals surface area contributed by atoms with Crippen molar-refractivity contribution in [2.24, 2.45) is 4.40 Å². The number of hydrogen-bond acceptors (Lipinski definition) is 5. The summed E-state index contributed by atoms with van der Waals surface area (Å²) in [5.74, 6) is -3.46. The van der Waals surface area contributed by atoms with E-state index in [4.69, 9.17) is 9.84 Å². The lowest BCUT2D eigenvalue weighted by atomic mass is 10.3. The Labute approximate surface area is 112 Å². The van der Waals surface area contributed by atoms with Crippen LogP contribution in [-0.2, 0) is 19.6 Å². The maximum absolute atomic E-state index is 12.6. The number of aliphatic carboxylic acids is 1. The minimum atomic E-state index is -4.39. The quantitative estimate of drug-likeness (QED) is 0.642. The molecule has 1 aliphatic heterocycles. The first-order valence-electron chi connectivity index (χ1n) is 5.07. The molecular formula is C11H6FNO6S. The highest BCUT2D eigenvalue weighted by atomic mass is 32.2. The third kappa shape index (κ3) is 2.72. The zero-order valence-corrected chi connectivity index (χ0v) is 10.4. The fourth-order valence-electron chi connectivity index (χ4n) is 1.33. The molecule has 20 heavy (non-hydrogen) atoms. The number of carboxylic acids is 1. The molecule has 0 bridgehead atoms. The average Bonchev–Trinajstić information content (AvgIpc) is 2.68. The number of benzene rings is 1. The molecule has 1 aliphatic rings. The zero-order chi connectivity index (χ0) is 14.9. The number of halogens is 1. The molecule has 0 saturated heterocycles. The summed E-state index contributed by atoms with van der Waals surface area (Å²) >= 11 is 0. The van der Waals surface area contributed by atoms with Gasteiger partial charge in [0.2, 0.25) is 0 Å². The van der Waals surface area contributed by atoms with Gasteiger partial charge in [-0.3, -0.25) is 0 Å². The van der Waals surface area contributed by atoms with Gasteiger partial charge in [-0.25, -0.2) is 14.0 Å². The molecule has 9 heteroatoms. The van der Waals surface area contributed by atoms with Crippen molar-refractivity contribution in [1.82, 2.24) is 0 Å². The number of carbonyl (C=O) groups is 2. The van der Waals surface area contributed by atoms with Crippen molar-refractivity contribution in [2.75, 3.05) is 0 Å². The Morgan fingerprint density at radius 2 is 1.80 bits per heavy atom. The Morgan fingerprint density at radius 3 is 2.30 bits per heavy atom. The van der Waals surface area contributed by atoms with Crippen LogP contribution in [0.3, 0.4) is 0 Å². The molecule has 7 nitrogen and oxygen atoms in total. The largest absolute Gasteiger partial charge is 0.477 e. The van der Waals surface area contributed by atoms with Crippen molar-refractivity contribution in [3.05, 3.63) is 41.1 Å². The predicted octanol–water partition coefficient (Wildman–Crippen LogP) is 0.484. The molecule has 0 unspecified atom stereocenters. The molecule has 1 N–H and O–H groups in total. The van der Waals surface area contributed by atoms with Crippen LogP contribution in [0.15, 0.2) is 39.6 Å². The Hall–Kier alpha value is -2.55. The SMILES string of the molecule is O=C(O)C1=CC(C(=O)Oc2ccc(F)cc2)=NS1(=O)=O. The molecule has 0 saturated carbocycles. The molecule has 104 valence electrons. The number of carboxylic acid groups (broad SMARTS) is 1. The third-order valence-electron chi connectivity index (χ3n) is 2.21. The van der Waals surface area contributed by atoms with Crippen LogP contribution >= 0.6 is 0 Å². The van der Waals surface area contributed by atoms with Gasteiger partial charge in [-0.05, 0) is 24.3 Å². The molecule has 0 aromatic heterocycles. The van der Waals surface area contributed by atoms with Gasteiger partial charge in [-0.2, -0.15) is 12.8 Å². The fourth-order valence-corrected chi connectivity index (χ4v) is 2.30. The average molecular weight is 299 g/mol. The summed E-state index contributed by atoms with van der Waals surface area (Å²) in [5.41, 5.74) is -0.660. The van der Waals surface area contributed by atoms with E-state index in [1.54, 1.807) is 0 Å². The number of sulfonamides is 1. The third-order valence-corrected chi connectivity index (χ3v) is 3.49. The Morgan fingerprint density at radius 1 is 1.20 bits per heavy atom. The van der Waals surface area contributed by atoms with E-state index in [2.05, 4.69) is 4.40 Å². The minimum absolute atomic E-state index is 0.0336. The van der Waals surface area contributed by atoms with Crippen LogP contribution in [0.25, 0.3) is 0 Å². The van der Waals surface area contributed by atoms with Crippen LogP contribution in [0.1, 0.15) is 0 Å². The molecule has 1 aromatic carbocycles. The van der Waals surface area contributed by atoms with Crippen molar-refractivity contribution >= 4 is 27.7 Å². The van der Waals surface area contributed by atoms with Crippen LogP contribution in [-0.4, -0.2) is 31.2 Å². The van der Waals surface area contributed by atoms with E-state index in [9.17, 15) is 22.4 Å². The van der Waals surface area contributed by atoms with Gasteiger partial charge in [-0.15, -0.1) is 0 Å². The lowest BCUT2D eigenvalue weighted by molar-refractivity contribution is -0.131. The van der Waals surface area contributed by atoms with Crippen LogP contribution in [0.5, 0.6) is 5.75 Å². The van der Waals surface area contributed by atoms with Crippen molar-refractivity contribution in [1.29, 1.82) is 0 Å². The highest BCUT2D eigenvalue weighted by Gasteiger charge is 2.33. The van der Waals surface area contributed by atoms with Gasteiger partial charge in [0.25, 0.3) is 10.0 Å². The minimum Gasteiger partial charge on any atom is -0.477 e. The molecule has 0 aliphatic carbocycles.